The second-order valence-electron chi connectivity index (χ2n) is 3.69. The van der Waals surface area contributed by atoms with E-state index in [1.54, 1.807) is 6.07 Å². The third kappa shape index (κ3) is 3.25. The van der Waals surface area contributed by atoms with Crippen LogP contribution >= 0.6 is 0 Å². The van der Waals surface area contributed by atoms with Crippen LogP contribution in [0.4, 0.5) is 0 Å². The molecule has 0 amide bonds. The third-order valence-corrected chi connectivity index (χ3v) is 3.57. The predicted molar refractivity (Wildman–Crippen MR) is 51.0 cm³/mol. The Balaban J connectivity index is 2.62. The van der Waals surface area contributed by atoms with Crippen molar-refractivity contribution in [2.24, 2.45) is 0 Å². The molecule has 0 bridgehead atoms. The summed E-state index contributed by atoms with van der Waals surface area (Å²) in [6.45, 7) is 2.96. The van der Waals surface area contributed by atoms with E-state index in [1.807, 2.05) is 6.92 Å². The van der Waals surface area contributed by atoms with Gasteiger partial charge in [-0.3, -0.25) is 0 Å². The molecule has 1 aliphatic heterocycles. The largest absolute Gasteiger partial charge is 0.381 e. The van der Waals surface area contributed by atoms with E-state index in [2.05, 4.69) is 4.72 Å². The van der Waals surface area contributed by atoms with Gasteiger partial charge in [0.05, 0.1) is 6.07 Å². The summed E-state index contributed by atoms with van der Waals surface area (Å²) in [5, 5.41) is 8.32. The van der Waals surface area contributed by atoms with Gasteiger partial charge in [-0.1, -0.05) is 0 Å². The Kier molecular flexibility index (Phi) is 3.48. The van der Waals surface area contributed by atoms with Crippen molar-refractivity contribution in [3.05, 3.63) is 0 Å². The van der Waals surface area contributed by atoms with E-state index in [1.165, 1.54) is 0 Å². The molecule has 1 fully saturated rings. The summed E-state index contributed by atoms with van der Waals surface area (Å²) >= 11 is 0. The molecular weight excluding hydrogens is 204 g/mol. The van der Waals surface area contributed by atoms with Crippen molar-refractivity contribution >= 4 is 10.0 Å². The highest BCUT2D eigenvalue weighted by Gasteiger charge is 2.31. The number of sulfonamides is 1. The first-order valence-electron chi connectivity index (χ1n) is 4.44. The summed E-state index contributed by atoms with van der Waals surface area (Å²) in [6.07, 6.45) is 1.30. The van der Waals surface area contributed by atoms with E-state index >= 15 is 0 Å². The molecule has 80 valence electrons. The molecule has 0 radical (unpaired) electrons. The molecular formula is C8H14N2O3S. The Morgan fingerprint density at radius 2 is 2.07 bits per heavy atom. The molecule has 1 heterocycles. The van der Waals surface area contributed by atoms with Crippen molar-refractivity contribution in [2.75, 3.05) is 19.0 Å². The maximum absolute atomic E-state index is 11.3. The lowest BCUT2D eigenvalue weighted by Gasteiger charge is -2.33. The minimum Gasteiger partial charge on any atom is -0.381 e. The minimum atomic E-state index is -3.46. The molecule has 1 N–H and O–H groups in total. The highest BCUT2D eigenvalue weighted by Crippen LogP contribution is 2.20. The molecule has 0 spiro atoms. The lowest BCUT2D eigenvalue weighted by molar-refractivity contribution is 0.0538. The Morgan fingerprint density at radius 1 is 1.50 bits per heavy atom. The third-order valence-electron chi connectivity index (χ3n) is 2.25. The van der Waals surface area contributed by atoms with Crippen molar-refractivity contribution in [2.45, 2.75) is 25.3 Å². The van der Waals surface area contributed by atoms with Gasteiger partial charge in [-0.15, -0.1) is 0 Å². The monoisotopic (exact) mass is 218 g/mol. The quantitative estimate of drug-likeness (QED) is 0.723. The number of rotatable bonds is 3. The molecule has 14 heavy (non-hydrogen) atoms. The predicted octanol–water partition coefficient (Wildman–Crippen LogP) is -0.00152. The van der Waals surface area contributed by atoms with Crippen molar-refractivity contribution in [3.8, 4) is 6.07 Å². The van der Waals surface area contributed by atoms with Crippen LogP contribution in [0.25, 0.3) is 0 Å². The van der Waals surface area contributed by atoms with Crippen LogP contribution in [0, 0.1) is 11.3 Å². The van der Waals surface area contributed by atoms with Crippen molar-refractivity contribution in [1.29, 1.82) is 5.26 Å². The molecule has 0 atom stereocenters. The van der Waals surface area contributed by atoms with Gasteiger partial charge in [-0.25, -0.2) is 13.1 Å². The molecule has 0 aromatic heterocycles. The maximum Gasteiger partial charge on any atom is 0.225 e. The molecule has 5 nitrogen and oxygen atoms in total. The van der Waals surface area contributed by atoms with Gasteiger partial charge in [-0.2, -0.15) is 5.26 Å². The number of nitrogens with one attached hydrogen (secondary N) is 1. The SMILES string of the molecule is CC1(NS(=O)(=O)CC#N)CCOCC1. The van der Waals surface area contributed by atoms with Gasteiger partial charge in [0.25, 0.3) is 0 Å². The first kappa shape index (κ1) is 11.4. The van der Waals surface area contributed by atoms with E-state index in [0.29, 0.717) is 26.1 Å². The molecule has 0 saturated carbocycles. The average Bonchev–Trinajstić information content (AvgIpc) is 2.02. The van der Waals surface area contributed by atoms with Crippen molar-refractivity contribution < 1.29 is 13.2 Å². The van der Waals surface area contributed by atoms with Crippen LogP contribution in [0.1, 0.15) is 19.8 Å². The zero-order valence-electron chi connectivity index (χ0n) is 8.12. The van der Waals surface area contributed by atoms with Gasteiger partial charge < -0.3 is 4.74 Å². The average molecular weight is 218 g/mol. The van der Waals surface area contributed by atoms with Crippen LogP contribution in [-0.4, -0.2) is 32.9 Å². The van der Waals surface area contributed by atoms with Crippen LogP contribution in [0.3, 0.4) is 0 Å². The van der Waals surface area contributed by atoms with E-state index in [-0.39, 0.29) is 0 Å². The zero-order valence-corrected chi connectivity index (χ0v) is 8.93. The van der Waals surface area contributed by atoms with E-state index < -0.39 is 21.3 Å². The van der Waals surface area contributed by atoms with Crippen molar-refractivity contribution in [3.63, 3.8) is 0 Å². The number of ether oxygens (including phenoxy) is 1. The molecule has 0 aliphatic carbocycles. The van der Waals surface area contributed by atoms with Gasteiger partial charge in [0.2, 0.25) is 10.0 Å². The van der Waals surface area contributed by atoms with Crippen LogP contribution in [0.15, 0.2) is 0 Å². The molecule has 0 aromatic rings. The summed E-state index contributed by atoms with van der Waals surface area (Å²) in [5.41, 5.74) is -0.450. The van der Waals surface area contributed by atoms with Crippen LogP contribution in [-0.2, 0) is 14.8 Å². The molecule has 0 unspecified atom stereocenters. The molecule has 0 aromatic carbocycles. The molecule has 6 heteroatoms. The van der Waals surface area contributed by atoms with E-state index in [0.717, 1.165) is 0 Å². The number of nitriles is 1. The molecule has 1 saturated heterocycles. The fraction of sp³-hybridized carbons (Fsp3) is 0.875. The van der Waals surface area contributed by atoms with E-state index in [9.17, 15) is 8.42 Å². The highest BCUT2D eigenvalue weighted by atomic mass is 32.2. The summed E-state index contributed by atoms with van der Waals surface area (Å²) in [6, 6.07) is 1.63. The number of hydrogen-bond donors (Lipinski definition) is 1. The summed E-state index contributed by atoms with van der Waals surface area (Å²) < 4.78 is 30.3. The normalized spacial score (nSPS) is 21.4. The molecule has 1 aliphatic rings. The molecule has 1 rings (SSSR count). The number of nitrogens with zero attached hydrogens (tertiary/aromatic N) is 1. The van der Waals surface area contributed by atoms with Crippen molar-refractivity contribution in [1.82, 2.24) is 4.72 Å². The van der Waals surface area contributed by atoms with Gasteiger partial charge in [-0.05, 0) is 19.8 Å². The zero-order chi connectivity index (χ0) is 10.7. The van der Waals surface area contributed by atoms with Crippen LogP contribution in [0.2, 0.25) is 0 Å². The lowest BCUT2D eigenvalue weighted by Crippen LogP contribution is -2.50. The fourth-order valence-electron chi connectivity index (χ4n) is 1.42. The number of hydrogen-bond acceptors (Lipinski definition) is 4. The Morgan fingerprint density at radius 3 is 2.57 bits per heavy atom. The first-order chi connectivity index (χ1) is 6.47. The minimum absolute atomic E-state index is 0.450. The first-order valence-corrected chi connectivity index (χ1v) is 6.09. The highest BCUT2D eigenvalue weighted by molar-refractivity contribution is 7.89. The lowest BCUT2D eigenvalue weighted by atomic mass is 9.94. The van der Waals surface area contributed by atoms with E-state index in [4.69, 9.17) is 10.00 Å². The fourth-order valence-corrected chi connectivity index (χ4v) is 2.62. The van der Waals surface area contributed by atoms with Crippen LogP contribution < -0.4 is 4.72 Å². The van der Waals surface area contributed by atoms with Gasteiger partial charge in [0.15, 0.2) is 5.75 Å². The summed E-state index contributed by atoms with van der Waals surface area (Å²) in [7, 11) is -3.46. The van der Waals surface area contributed by atoms with Gasteiger partial charge in [0, 0.05) is 18.8 Å². The smallest absolute Gasteiger partial charge is 0.225 e. The summed E-state index contributed by atoms with van der Waals surface area (Å²) in [4.78, 5) is 0. The second-order valence-corrected chi connectivity index (χ2v) is 5.41. The van der Waals surface area contributed by atoms with Crippen LogP contribution in [0.5, 0.6) is 0 Å². The standard InChI is InChI=1S/C8H14N2O3S/c1-8(2-5-13-6-3-8)10-14(11,12)7-4-9/h10H,2-3,5-7H2,1H3. The Bertz CT molecular complexity index is 325. The maximum atomic E-state index is 11.3. The Labute approximate surface area is 84.1 Å². The van der Waals surface area contributed by atoms with Gasteiger partial charge in [0.1, 0.15) is 0 Å². The topological polar surface area (TPSA) is 79.2 Å². The Hall–Kier alpha value is -0.640. The summed E-state index contributed by atoms with van der Waals surface area (Å²) in [5.74, 6) is -0.483. The van der Waals surface area contributed by atoms with Gasteiger partial charge >= 0.3 is 0 Å². The second kappa shape index (κ2) is 4.26.